The number of hydrogen-bond acceptors (Lipinski definition) is 5. The number of halogens is 1. The topological polar surface area (TPSA) is 67.6 Å². The lowest BCUT2D eigenvalue weighted by atomic mass is 10.1. The van der Waals surface area contributed by atoms with Gasteiger partial charge in [0.1, 0.15) is 17.8 Å². The van der Waals surface area contributed by atoms with Crippen LogP contribution in [0.2, 0.25) is 0 Å². The van der Waals surface area contributed by atoms with E-state index in [9.17, 15) is 9.18 Å². The summed E-state index contributed by atoms with van der Waals surface area (Å²) in [6, 6.07) is 14.2. The van der Waals surface area contributed by atoms with Gasteiger partial charge in [0.05, 0.1) is 13.7 Å². The Morgan fingerprint density at radius 2 is 1.90 bits per heavy atom. The lowest BCUT2D eigenvalue weighted by Gasteiger charge is -2.21. The van der Waals surface area contributed by atoms with E-state index < -0.39 is 0 Å². The lowest BCUT2D eigenvalue weighted by Crippen LogP contribution is -2.24. The number of rotatable bonds is 9. The normalized spacial score (nSPS) is 10.9. The van der Waals surface area contributed by atoms with Crippen LogP contribution in [0.25, 0.3) is 0 Å². The third kappa shape index (κ3) is 5.89. The fourth-order valence-corrected chi connectivity index (χ4v) is 2.97. The molecule has 3 aromatic rings. The third-order valence-electron chi connectivity index (χ3n) is 4.34. The molecule has 0 fully saturated rings. The third-order valence-corrected chi connectivity index (χ3v) is 4.34. The highest BCUT2D eigenvalue weighted by Gasteiger charge is 2.15. The van der Waals surface area contributed by atoms with Crippen molar-refractivity contribution in [2.75, 3.05) is 13.7 Å². The van der Waals surface area contributed by atoms with Crippen molar-refractivity contribution in [1.82, 2.24) is 15.2 Å². The number of ether oxygens (including phenoxy) is 1. The van der Waals surface area contributed by atoms with Gasteiger partial charge in [0.25, 0.3) is 5.91 Å². The molecule has 6 nitrogen and oxygen atoms in total. The largest absolute Gasteiger partial charge is 0.497 e. The number of carbonyl (C=O) groups excluding carboxylic acids is 1. The summed E-state index contributed by atoms with van der Waals surface area (Å²) in [5.74, 6) is 0.683. The fraction of sp³-hybridized carbons (Fsp3) is 0.273. The van der Waals surface area contributed by atoms with Crippen molar-refractivity contribution in [3.63, 3.8) is 0 Å². The van der Waals surface area contributed by atoms with Gasteiger partial charge in [-0.15, -0.1) is 0 Å². The molecule has 1 N–H and O–H groups in total. The van der Waals surface area contributed by atoms with Crippen molar-refractivity contribution in [2.24, 2.45) is 0 Å². The molecule has 3 rings (SSSR count). The minimum Gasteiger partial charge on any atom is -0.497 e. The maximum atomic E-state index is 13.3. The highest BCUT2D eigenvalue weighted by Crippen LogP contribution is 2.18. The minimum atomic E-state index is -0.271. The second-order valence-electron chi connectivity index (χ2n) is 6.61. The van der Waals surface area contributed by atoms with Gasteiger partial charge in [0.15, 0.2) is 5.69 Å². The standard InChI is InChI=1S/C22H24FN3O3/c1-3-24-22(27)20-15-29-21(25-20)14-26(12-16-7-9-18(23)10-8-16)13-17-5-4-6-19(11-17)28-2/h4-11,15H,3,12-14H2,1-2H3,(H,24,27). The molecule has 0 bridgehead atoms. The van der Waals surface area contributed by atoms with E-state index in [1.165, 1.54) is 18.4 Å². The predicted molar refractivity (Wildman–Crippen MR) is 107 cm³/mol. The maximum absolute atomic E-state index is 13.3. The zero-order valence-electron chi connectivity index (χ0n) is 16.5. The number of hydrogen-bond donors (Lipinski definition) is 1. The van der Waals surface area contributed by atoms with E-state index in [4.69, 9.17) is 9.15 Å². The van der Waals surface area contributed by atoms with Crippen LogP contribution in [0.4, 0.5) is 4.39 Å². The van der Waals surface area contributed by atoms with Crippen LogP contribution in [0.5, 0.6) is 5.75 Å². The Kier molecular flexibility index (Phi) is 6.97. The molecule has 0 aliphatic rings. The van der Waals surface area contributed by atoms with Crippen molar-refractivity contribution in [3.8, 4) is 5.75 Å². The van der Waals surface area contributed by atoms with Crippen LogP contribution in [0.15, 0.2) is 59.2 Å². The molecule has 0 saturated heterocycles. The first-order valence-corrected chi connectivity index (χ1v) is 9.39. The van der Waals surface area contributed by atoms with Gasteiger partial charge in [-0.1, -0.05) is 24.3 Å². The summed E-state index contributed by atoms with van der Waals surface area (Å²) in [5, 5.41) is 2.70. The Morgan fingerprint density at radius 3 is 2.62 bits per heavy atom. The van der Waals surface area contributed by atoms with Crippen molar-refractivity contribution in [1.29, 1.82) is 0 Å². The van der Waals surface area contributed by atoms with Gasteiger partial charge in [-0.05, 0) is 42.3 Å². The molecule has 0 saturated carbocycles. The van der Waals surface area contributed by atoms with Crippen molar-refractivity contribution >= 4 is 5.91 Å². The molecule has 1 heterocycles. The van der Waals surface area contributed by atoms with Crippen molar-refractivity contribution in [3.05, 3.63) is 83.3 Å². The number of aromatic nitrogens is 1. The Balaban J connectivity index is 1.78. The van der Waals surface area contributed by atoms with Gasteiger partial charge in [-0.3, -0.25) is 9.69 Å². The fourth-order valence-electron chi connectivity index (χ4n) is 2.97. The van der Waals surface area contributed by atoms with Gasteiger partial charge in [-0.25, -0.2) is 9.37 Å². The molecule has 7 heteroatoms. The van der Waals surface area contributed by atoms with Crippen LogP contribution in [0.3, 0.4) is 0 Å². The number of nitrogens with zero attached hydrogens (tertiary/aromatic N) is 2. The van der Waals surface area contributed by atoms with E-state index in [0.29, 0.717) is 32.1 Å². The summed E-state index contributed by atoms with van der Waals surface area (Å²) in [7, 11) is 1.63. The SMILES string of the molecule is CCNC(=O)c1coc(CN(Cc2ccc(F)cc2)Cc2cccc(OC)c2)n1. The predicted octanol–water partition coefficient (Wildman–Crippen LogP) is 3.77. The molecule has 152 valence electrons. The van der Waals surface area contributed by atoms with Crippen LogP contribution in [-0.2, 0) is 19.6 Å². The molecule has 1 amide bonds. The molecule has 0 unspecified atom stereocenters. The summed E-state index contributed by atoms with van der Waals surface area (Å²) in [6.07, 6.45) is 1.36. The molecule has 0 aliphatic carbocycles. The second-order valence-corrected chi connectivity index (χ2v) is 6.61. The first kappa shape index (κ1) is 20.5. The molecule has 2 aromatic carbocycles. The molecular formula is C22H24FN3O3. The lowest BCUT2D eigenvalue weighted by molar-refractivity contribution is 0.0950. The van der Waals surface area contributed by atoms with E-state index in [0.717, 1.165) is 16.9 Å². The molecule has 0 atom stereocenters. The van der Waals surface area contributed by atoms with Crippen LogP contribution < -0.4 is 10.1 Å². The molecule has 0 aliphatic heterocycles. The molecule has 1 aromatic heterocycles. The highest BCUT2D eigenvalue weighted by molar-refractivity contribution is 5.91. The van der Waals surface area contributed by atoms with E-state index in [2.05, 4.69) is 15.2 Å². The molecule has 0 spiro atoms. The molecule has 0 radical (unpaired) electrons. The van der Waals surface area contributed by atoms with Crippen LogP contribution in [-0.4, -0.2) is 29.4 Å². The van der Waals surface area contributed by atoms with E-state index in [1.807, 2.05) is 31.2 Å². The second kappa shape index (κ2) is 9.84. The maximum Gasteiger partial charge on any atom is 0.273 e. The van der Waals surface area contributed by atoms with Crippen LogP contribution in [0, 0.1) is 5.82 Å². The van der Waals surface area contributed by atoms with Crippen molar-refractivity contribution in [2.45, 2.75) is 26.6 Å². The first-order chi connectivity index (χ1) is 14.1. The quantitative estimate of drug-likeness (QED) is 0.595. The van der Waals surface area contributed by atoms with E-state index >= 15 is 0 Å². The smallest absolute Gasteiger partial charge is 0.273 e. The average molecular weight is 397 g/mol. The van der Waals surface area contributed by atoms with Crippen molar-refractivity contribution < 1.29 is 18.3 Å². The summed E-state index contributed by atoms with van der Waals surface area (Å²) in [5.41, 5.74) is 2.27. The summed E-state index contributed by atoms with van der Waals surface area (Å²) in [4.78, 5) is 18.3. The van der Waals surface area contributed by atoms with Crippen LogP contribution >= 0.6 is 0 Å². The number of carbonyl (C=O) groups is 1. The zero-order chi connectivity index (χ0) is 20.6. The Labute approximate surface area is 169 Å². The minimum absolute atomic E-state index is 0.255. The number of methoxy groups -OCH3 is 1. The molecule has 29 heavy (non-hydrogen) atoms. The number of amides is 1. The Bertz CT molecular complexity index is 940. The van der Waals surface area contributed by atoms with Crippen LogP contribution in [0.1, 0.15) is 34.4 Å². The Hall–Kier alpha value is -3.19. The first-order valence-electron chi connectivity index (χ1n) is 9.39. The van der Waals surface area contributed by atoms with Gasteiger partial charge < -0.3 is 14.5 Å². The summed E-state index contributed by atoms with van der Waals surface area (Å²) >= 11 is 0. The Morgan fingerprint density at radius 1 is 1.14 bits per heavy atom. The zero-order valence-corrected chi connectivity index (χ0v) is 16.5. The van der Waals surface area contributed by atoms with E-state index in [1.54, 1.807) is 19.2 Å². The average Bonchev–Trinajstić information content (AvgIpc) is 3.18. The number of nitrogens with one attached hydrogen (secondary N) is 1. The van der Waals surface area contributed by atoms with Gasteiger partial charge >= 0.3 is 0 Å². The molecular weight excluding hydrogens is 373 g/mol. The monoisotopic (exact) mass is 397 g/mol. The highest BCUT2D eigenvalue weighted by atomic mass is 19.1. The van der Waals surface area contributed by atoms with Gasteiger partial charge in [0.2, 0.25) is 5.89 Å². The summed E-state index contributed by atoms with van der Waals surface area (Å²) in [6.45, 7) is 3.93. The number of oxazole rings is 1. The van der Waals surface area contributed by atoms with Gasteiger partial charge in [-0.2, -0.15) is 0 Å². The van der Waals surface area contributed by atoms with E-state index in [-0.39, 0.29) is 17.4 Å². The summed E-state index contributed by atoms with van der Waals surface area (Å²) < 4.78 is 24.1. The number of benzene rings is 2. The van der Waals surface area contributed by atoms with Gasteiger partial charge in [0, 0.05) is 19.6 Å².